The summed E-state index contributed by atoms with van der Waals surface area (Å²) in [6.07, 6.45) is 5.74. The van der Waals surface area contributed by atoms with Gasteiger partial charge in [0.05, 0.1) is 11.4 Å². The third kappa shape index (κ3) is 2.64. The monoisotopic (exact) mass is 322 g/mol. The van der Waals surface area contributed by atoms with E-state index in [-0.39, 0.29) is 11.6 Å². The summed E-state index contributed by atoms with van der Waals surface area (Å²) >= 11 is 0. The summed E-state index contributed by atoms with van der Waals surface area (Å²) in [5.41, 5.74) is 6.98. The lowest BCUT2D eigenvalue weighted by atomic mass is 9.95. The molecule has 1 unspecified atom stereocenters. The van der Waals surface area contributed by atoms with Gasteiger partial charge in [0.15, 0.2) is 5.82 Å². The van der Waals surface area contributed by atoms with Crippen molar-refractivity contribution in [1.29, 1.82) is 0 Å². The molecule has 0 spiro atoms. The van der Waals surface area contributed by atoms with Gasteiger partial charge in [-0.25, -0.2) is 4.98 Å². The highest BCUT2D eigenvalue weighted by Gasteiger charge is 2.27. The molecule has 0 saturated heterocycles. The standard InChI is InChI=1S/C19H22N4O/c1-13-11-12-17(22-21-14-7-3-2-4-8-14)18-20-16-10-6-5-9-15(16)19(24)23(13)18/h2-4,7-8,13,21H,5-6,9-12H2,1H3/b22-17-. The molecule has 1 aliphatic heterocycles. The van der Waals surface area contributed by atoms with Crippen LogP contribution in [0, 0.1) is 0 Å². The van der Waals surface area contributed by atoms with Gasteiger partial charge in [0.2, 0.25) is 0 Å². The molecule has 1 N–H and O–H groups in total. The van der Waals surface area contributed by atoms with Crippen molar-refractivity contribution in [1.82, 2.24) is 9.55 Å². The van der Waals surface area contributed by atoms with Crippen LogP contribution in [0.1, 0.15) is 55.7 Å². The highest BCUT2D eigenvalue weighted by Crippen LogP contribution is 2.25. The van der Waals surface area contributed by atoms with E-state index >= 15 is 0 Å². The molecule has 5 nitrogen and oxygen atoms in total. The Bertz CT molecular complexity index is 838. The van der Waals surface area contributed by atoms with E-state index in [1.165, 1.54) is 0 Å². The van der Waals surface area contributed by atoms with Crippen LogP contribution in [0.5, 0.6) is 0 Å². The fourth-order valence-electron chi connectivity index (χ4n) is 3.62. The number of aryl methyl sites for hydroxylation is 1. The van der Waals surface area contributed by atoms with Gasteiger partial charge in [-0.2, -0.15) is 5.10 Å². The number of nitrogens with one attached hydrogen (secondary N) is 1. The van der Waals surface area contributed by atoms with E-state index in [1.807, 2.05) is 34.9 Å². The molecule has 124 valence electrons. The highest BCUT2D eigenvalue weighted by atomic mass is 16.1. The Labute approximate surface area is 141 Å². The molecular formula is C19H22N4O. The Morgan fingerprint density at radius 1 is 1.17 bits per heavy atom. The van der Waals surface area contributed by atoms with Gasteiger partial charge in [0.1, 0.15) is 5.71 Å². The molecule has 0 saturated carbocycles. The molecule has 2 aromatic rings. The number of anilines is 1. The summed E-state index contributed by atoms with van der Waals surface area (Å²) in [5.74, 6) is 0.753. The van der Waals surface area contributed by atoms with Crippen LogP contribution in [0.2, 0.25) is 0 Å². The summed E-state index contributed by atoms with van der Waals surface area (Å²) in [5, 5.41) is 4.56. The maximum absolute atomic E-state index is 12.9. The minimum absolute atomic E-state index is 0.148. The zero-order valence-electron chi connectivity index (χ0n) is 14.0. The number of fused-ring (bicyclic) bond motifs is 2. The molecule has 24 heavy (non-hydrogen) atoms. The molecule has 1 aliphatic carbocycles. The van der Waals surface area contributed by atoms with Gasteiger partial charge in [0.25, 0.3) is 5.56 Å². The predicted molar refractivity (Wildman–Crippen MR) is 95.7 cm³/mol. The molecular weight excluding hydrogens is 300 g/mol. The zero-order chi connectivity index (χ0) is 16.5. The largest absolute Gasteiger partial charge is 0.288 e. The van der Waals surface area contributed by atoms with Crippen LogP contribution >= 0.6 is 0 Å². The molecule has 0 bridgehead atoms. The minimum atomic E-state index is 0.148. The van der Waals surface area contributed by atoms with Crippen LogP contribution in [0.25, 0.3) is 0 Å². The van der Waals surface area contributed by atoms with E-state index in [0.717, 1.165) is 67.0 Å². The van der Waals surface area contributed by atoms with E-state index < -0.39 is 0 Å². The van der Waals surface area contributed by atoms with E-state index in [1.54, 1.807) is 0 Å². The quantitative estimate of drug-likeness (QED) is 0.863. The fraction of sp³-hybridized carbons (Fsp3) is 0.421. The minimum Gasteiger partial charge on any atom is -0.288 e. The summed E-state index contributed by atoms with van der Waals surface area (Å²) in [7, 11) is 0. The van der Waals surface area contributed by atoms with Crippen LogP contribution in [0.15, 0.2) is 40.2 Å². The van der Waals surface area contributed by atoms with Crippen molar-refractivity contribution >= 4 is 11.4 Å². The van der Waals surface area contributed by atoms with Crippen molar-refractivity contribution in [2.75, 3.05) is 5.43 Å². The van der Waals surface area contributed by atoms with Crippen LogP contribution in [-0.4, -0.2) is 15.3 Å². The second-order valence-corrected chi connectivity index (χ2v) is 6.67. The molecule has 2 heterocycles. The Hall–Kier alpha value is -2.43. The summed E-state index contributed by atoms with van der Waals surface area (Å²) in [4.78, 5) is 17.8. The molecule has 0 amide bonds. The number of hydrogen-bond acceptors (Lipinski definition) is 4. The molecule has 4 rings (SSSR count). The Morgan fingerprint density at radius 2 is 1.96 bits per heavy atom. The molecule has 2 aliphatic rings. The maximum Gasteiger partial charge on any atom is 0.257 e. The maximum atomic E-state index is 12.9. The van der Waals surface area contributed by atoms with Crippen LogP contribution in [0.3, 0.4) is 0 Å². The van der Waals surface area contributed by atoms with Crippen molar-refractivity contribution in [2.24, 2.45) is 5.10 Å². The molecule has 1 aromatic carbocycles. The second-order valence-electron chi connectivity index (χ2n) is 6.67. The first-order valence-corrected chi connectivity index (χ1v) is 8.76. The summed E-state index contributed by atoms with van der Waals surface area (Å²) in [6, 6.07) is 10.1. The highest BCUT2D eigenvalue weighted by molar-refractivity contribution is 5.98. The fourth-order valence-corrected chi connectivity index (χ4v) is 3.62. The Balaban J connectivity index is 1.77. The van der Waals surface area contributed by atoms with Gasteiger partial charge in [-0.1, -0.05) is 18.2 Å². The van der Waals surface area contributed by atoms with E-state index in [2.05, 4.69) is 17.5 Å². The number of aromatic nitrogens is 2. The Morgan fingerprint density at radius 3 is 2.79 bits per heavy atom. The van der Waals surface area contributed by atoms with Gasteiger partial charge in [-0.05, 0) is 57.6 Å². The lowest BCUT2D eigenvalue weighted by Gasteiger charge is -2.28. The first kappa shape index (κ1) is 15.1. The number of hydrogen-bond donors (Lipinski definition) is 1. The average Bonchev–Trinajstić information content (AvgIpc) is 2.62. The average molecular weight is 322 g/mol. The molecule has 0 fully saturated rings. The first-order valence-electron chi connectivity index (χ1n) is 8.76. The van der Waals surface area contributed by atoms with Crippen molar-refractivity contribution < 1.29 is 0 Å². The van der Waals surface area contributed by atoms with E-state index in [4.69, 9.17) is 4.98 Å². The number of benzene rings is 1. The number of para-hydroxylation sites is 1. The van der Waals surface area contributed by atoms with Crippen LogP contribution < -0.4 is 11.0 Å². The van der Waals surface area contributed by atoms with E-state index in [9.17, 15) is 4.79 Å². The van der Waals surface area contributed by atoms with Crippen molar-refractivity contribution in [3.8, 4) is 0 Å². The molecule has 1 aromatic heterocycles. The lowest BCUT2D eigenvalue weighted by Crippen LogP contribution is -2.38. The van der Waals surface area contributed by atoms with Crippen molar-refractivity contribution in [3.63, 3.8) is 0 Å². The smallest absolute Gasteiger partial charge is 0.257 e. The topological polar surface area (TPSA) is 59.3 Å². The van der Waals surface area contributed by atoms with Crippen molar-refractivity contribution in [2.45, 2.75) is 51.5 Å². The number of nitrogens with zero attached hydrogens (tertiary/aromatic N) is 3. The molecule has 5 heteroatoms. The third-order valence-corrected chi connectivity index (χ3v) is 4.98. The van der Waals surface area contributed by atoms with Gasteiger partial charge < -0.3 is 0 Å². The molecule has 0 radical (unpaired) electrons. The van der Waals surface area contributed by atoms with Gasteiger partial charge in [-0.15, -0.1) is 0 Å². The molecule has 1 atom stereocenters. The zero-order valence-corrected chi connectivity index (χ0v) is 14.0. The van der Waals surface area contributed by atoms with Gasteiger partial charge in [-0.3, -0.25) is 14.8 Å². The second kappa shape index (κ2) is 6.23. The lowest BCUT2D eigenvalue weighted by molar-refractivity contribution is 0.460. The van der Waals surface area contributed by atoms with Crippen molar-refractivity contribution in [3.05, 3.63) is 57.8 Å². The predicted octanol–water partition coefficient (Wildman–Crippen LogP) is 3.29. The van der Waals surface area contributed by atoms with Gasteiger partial charge in [0, 0.05) is 11.6 Å². The van der Waals surface area contributed by atoms with Gasteiger partial charge >= 0.3 is 0 Å². The third-order valence-electron chi connectivity index (χ3n) is 4.98. The Kier molecular flexibility index (Phi) is 3.92. The number of rotatable bonds is 2. The first-order chi connectivity index (χ1) is 11.7. The normalized spacial score (nSPS) is 21.2. The SMILES string of the molecule is CC1CC/C(=N/Nc2ccccc2)c2nc3c(c(=O)n21)CCCC3. The van der Waals surface area contributed by atoms with Crippen LogP contribution in [0.4, 0.5) is 5.69 Å². The number of hydrazone groups is 1. The van der Waals surface area contributed by atoms with E-state index in [0.29, 0.717) is 0 Å². The summed E-state index contributed by atoms with van der Waals surface area (Å²) < 4.78 is 1.86. The van der Waals surface area contributed by atoms with Crippen LogP contribution in [-0.2, 0) is 12.8 Å². The summed E-state index contributed by atoms with van der Waals surface area (Å²) in [6.45, 7) is 2.10.